The van der Waals surface area contributed by atoms with E-state index in [4.69, 9.17) is 9.93 Å². The Hall–Kier alpha value is -2.10. The van der Waals surface area contributed by atoms with Crippen LogP contribution in [0.4, 0.5) is 11.8 Å². The predicted molar refractivity (Wildman–Crippen MR) is 56.3 cm³/mol. The molecule has 0 aliphatic heterocycles. The van der Waals surface area contributed by atoms with Gasteiger partial charge in [-0.25, -0.2) is 4.98 Å². The van der Waals surface area contributed by atoms with Crippen LogP contribution < -0.4 is 11.5 Å². The van der Waals surface area contributed by atoms with Crippen molar-refractivity contribution in [2.24, 2.45) is 0 Å². The topological polar surface area (TPSA) is 77.8 Å². The van der Waals surface area contributed by atoms with E-state index in [0.29, 0.717) is 5.56 Å². The van der Waals surface area contributed by atoms with Gasteiger partial charge in [-0.3, -0.25) is 0 Å². The summed E-state index contributed by atoms with van der Waals surface area (Å²) in [6, 6.07) is 9.10. The molecule has 2 rings (SSSR count). The molecule has 1 aromatic heterocycles. The van der Waals surface area contributed by atoms with E-state index in [0.717, 1.165) is 5.56 Å². The number of aromatic nitrogens is 2. The number of nitrogens with zero attached hydrogens (tertiary/aromatic N) is 2. The van der Waals surface area contributed by atoms with Gasteiger partial charge in [-0.05, 0) is 5.56 Å². The van der Waals surface area contributed by atoms with Crippen LogP contribution in [0.25, 0.3) is 11.1 Å². The standard InChI is InChI=1S/C10H10N4/c11-9-8(6-13-10(12)14-9)7-4-2-1-3-5-7/h1-6H,(H4,11,12,13,14)/i6D/hD2. The molecule has 0 bridgehead atoms. The van der Waals surface area contributed by atoms with E-state index >= 15 is 0 Å². The van der Waals surface area contributed by atoms with Gasteiger partial charge in [-0.2, -0.15) is 4.98 Å². The fourth-order valence-electron chi connectivity index (χ4n) is 1.17. The molecule has 70 valence electrons. The normalized spacial score (nSPS) is 12.7. The lowest BCUT2D eigenvalue weighted by atomic mass is 10.1. The van der Waals surface area contributed by atoms with Crippen molar-refractivity contribution in [2.75, 3.05) is 11.5 Å². The highest BCUT2D eigenvalue weighted by Gasteiger charge is 2.03. The largest absolute Gasteiger partial charge is 0.383 e. The van der Waals surface area contributed by atoms with Crippen LogP contribution in [0.1, 0.15) is 1.37 Å². The third kappa shape index (κ3) is 1.50. The monoisotopic (exact) mass is 189 g/mol. The van der Waals surface area contributed by atoms with Crippen LogP contribution in [-0.2, 0) is 0 Å². The van der Waals surface area contributed by atoms with Gasteiger partial charge in [0.25, 0.3) is 0 Å². The summed E-state index contributed by atoms with van der Waals surface area (Å²) in [6.07, 6.45) is -0.0943. The van der Waals surface area contributed by atoms with Gasteiger partial charge in [0.15, 0.2) is 2.82 Å². The molecule has 0 radical (unpaired) electrons. The molecule has 0 unspecified atom stereocenters. The number of anilines is 2. The molecule has 14 heavy (non-hydrogen) atoms. The number of benzene rings is 1. The van der Waals surface area contributed by atoms with E-state index in [9.17, 15) is 0 Å². The Morgan fingerprint density at radius 3 is 2.71 bits per heavy atom. The van der Waals surface area contributed by atoms with E-state index in [2.05, 4.69) is 9.97 Å². The number of nitrogen functional groups attached to an aromatic ring is 2. The molecule has 2 aromatic rings. The third-order valence-corrected chi connectivity index (χ3v) is 1.81. The molecule has 0 spiro atoms. The van der Waals surface area contributed by atoms with Gasteiger partial charge >= 0.3 is 0 Å². The number of hydrogen-bond acceptors (Lipinski definition) is 4. The Kier molecular flexibility index (Phi) is 1.33. The molecule has 0 atom stereocenters. The van der Waals surface area contributed by atoms with Crippen molar-refractivity contribution in [1.82, 2.24) is 9.97 Å². The zero-order chi connectivity index (χ0) is 12.4. The Morgan fingerprint density at radius 2 is 2.07 bits per heavy atom. The van der Waals surface area contributed by atoms with E-state index < -0.39 is 0 Å². The van der Waals surface area contributed by atoms with Crippen LogP contribution in [-0.4, -0.2) is 9.97 Å². The number of nitrogens with two attached hydrogens (primary N) is 2. The Labute approximate surface area is 85.9 Å². The van der Waals surface area contributed by atoms with Gasteiger partial charge in [0.1, 0.15) is 5.82 Å². The molecule has 0 aliphatic carbocycles. The van der Waals surface area contributed by atoms with Gasteiger partial charge in [-0.1, -0.05) is 30.3 Å². The van der Waals surface area contributed by atoms with Crippen molar-refractivity contribution in [3.8, 4) is 11.1 Å². The maximum Gasteiger partial charge on any atom is 0.221 e. The average Bonchev–Trinajstić information content (AvgIpc) is 2.29. The second-order valence-electron chi connectivity index (χ2n) is 2.76. The molecule has 1 aromatic carbocycles. The van der Waals surface area contributed by atoms with Crippen LogP contribution in [0.3, 0.4) is 0 Å². The molecule has 0 saturated heterocycles. The molecule has 0 saturated carbocycles. The Morgan fingerprint density at radius 1 is 1.29 bits per heavy atom. The van der Waals surface area contributed by atoms with Gasteiger partial charge in [-0.15, -0.1) is 0 Å². The van der Waals surface area contributed by atoms with Crippen molar-refractivity contribution in [3.63, 3.8) is 0 Å². The molecule has 0 amide bonds. The van der Waals surface area contributed by atoms with Crippen LogP contribution in [0.2, 0.25) is 2.82 Å². The zero-order valence-corrected chi connectivity index (χ0v) is 7.31. The van der Waals surface area contributed by atoms with Crippen LogP contribution >= 0.6 is 0 Å². The minimum absolute atomic E-state index is 0.0932. The predicted octanol–water partition coefficient (Wildman–Crippen LogP) is 1.31. The summed E-state index contributed by atoms with van der Waals surface area (Å²) in [5.74, 6) is -0.122. The molecule has 4 heteroatoms. The first-order chi connectivity index (χ1) is 8.09. The smallest absolute Gasteiger partial charge is 0.221 e. The first-order valence-electron chi connectivity index (χ1n) is 5.46. The molecular formula is C10H10N4. The summed E-state index contributed by atoms with van der Waals surface area (Å²) in [5.41, 5.74) is 7.11. The average molecular weight is 189 g/mol. The molecule has 1 heterocycles. The second-order valence-corrected chi connectivity index (χ2v) is 2.76. The molecular weight excluding hydrogens is 176 g/mol. The lowest BCUT2D eigenvalue weighted by molar-refractivity contribution is 1.20. The first kappa shape index (κ1) is 5.59. The number of rotatable bonds is 2. The minimum atomic E-state index is -0.216. The highest BCUT2D eigenvalue weighted by molar-refractivity contribution is 5.73. The highest BCUT2D eigenvalue weighted by Crippen LogP contribution is 2.22. The van der Waals surface area contributed by atoms with Crippen LogP contribution in [0.15, 0.2) is 36.5 Å². The van der Waals surface area contributed by atoms with Gasteiger partial charge in [0.2, 0.25) is 5.95 Å². The van der Waals surface area contributed by atoms with Gasteiger partial charge < -0.3 is 11.5 Å². The molecule has 0 aliphatic rings. The summed E-state index contributed by atoms with van der Waals surface area (Å²) in [4.78, 5) is 7.54. The zero-order valence-electron chi connectivity index (χ0n) is 10.3. The van der Waals surface area contributed by atoms with Gasteiger partial charge in [0, 0.05) is 11.7 Å². The lowest BCUT2D eigenvalue weighted by Crippen LogP contribution is -2.00. The van der Waals surface area contributed by atoms with Gasteiger partial charge in [0.05, 0.1) is 1.37 Å². The number of hydrogen-bond donors (Lipinski definition) is 2. The lowest BCUT2D eigenvalue weighted by Gasteiger charge is -2.03. The second kappa shape index (κ2) is 3.33. The van der Waals surface area contributed by atoms with E-state index in [-0.39, 0.29) is 23.7 Å². The van der Waals surface area contributed by atoms with Crippen molar-refractivity contribution < 1.29 is 4.19 Å². The molecule has 0 fully saturated rings. The third-order valence-electron chi connectivity index (χ3n) is 1.81. The maximum absolute atomic E-state index is 7.76. The molecule has 4 N–H and O–H groups in total. The Balaban J connectivity index is 2.57. The maximum atomic E-state index is 7.76. The van der Waals surface area contributed by atoms with Crippen molar-refractivity contribution in [3.05, 3.63) is 36.5 Å². The van der Waals surface area contributed by atoms with Crippen molar-refractivity contribution in [1.29, 1.82) is 0 Å². The van der Waals surface area contributed by atoms with E-state index in [1.807, 2.05) is 18.2 Å². The quantitative estimate of drug-likeness (QED) is 0.746. The van der Waals surface area contributed by atoms with Crippen LogP contribution in [0, 0.1) is 0 Å². The molecule has 4 nitrogen and oxygen atoms in total. The summed E-state index contributed by atoms with van der Waals surface area (Å²) in [5, 5.41) is 0. The van der Waals surface area contributed by atoms with Crippen molar-refractivity contribution >= 4 is 11.8 Å². The van der Waals surface area contributed by atoms with E-state index in [1.165, 1.54) is 0 Å². The van der Waals surface area contributed by atoms with E-state index in [1.54, 1.807) is 12.1 Å². The van der Waals surface area contributed by atoms with Crippen molar-refractivity contribution in [2.45, 2.75) is 0 Å². The summed E-state index contributed by atoms with van der Waals surface area (Å²) in [7, 11) is 0. The fourth-order valence-corrected chi connectivity index (χ4v) is 1.17. The summed E-state index contributed by atoms with van der Waals surface area (Å²) >= 11 is 0. The summed E-state index contributed by atoms with van der Waals surface area (Å²) in [6.45, 7) is 0. The Bertz CT molecular complexity index is 507. The minimum Gasteiger partial charge on any atom is -0.383 e. The van der Waals surface area contributed by atoms with Crippen LogP contribution in [0.5, 0.6) is 0 Å². The SMILES string of the molecule is [2H]c1nc(N([2H])[2H])nc(N)c1-c1ccccc1. The fraction of sp³-hybridized carbons (Fsp3) is 0. The summed E-state index contributed by atoms with van der Waals surface area (Å²) < 4.78 is 21.8. The highest BCUT2D eigenvalue weighted by atomic mass is 15.0. The first-order valence-corrected chi connectivity index (χ1v) is 4.07.